The van der Waals surface area contributed by atoms with E-state index in [1.54, 1.807) is 0 Å². The molecular weight excluding hydrogens is 196 g/mol. The van der Waals surface area contributed by atoms with E-state index in [-0.39, 0.29) is 5.91 Å². The van der Waals surface area contributed by atoms with Gasteiger partial charge in [-0.3, -0.25) is 9.78 Å². The number of carbonyl (C=O) groups is 1. The largest absolute Gasteiger partial charge is 0.272 e. The van der Waals surface area contributed by atoms with E-state index in [1.165, 1.54) is 11.8 Å². The van der Waals surface area contributed by atoms with Gasteiger partial charge in [0, 0.05) is 17.0 Å². The van der Waals surface area contributed by atoms with E-state index in [0.29, 0.717) is 5.75 Å². The number of aliphatic imine (C=N–C) groups is 1. The zero-order valence-corrected chi connectivity index (χ0v) is 8.89. The van der Waals surface area contributed by atoms with Crippen LogP contribution in [0.2, 0.25) is 0 Å². The number of carbonyl (C=O) groups excluding carboxylic acids is 1. The summed E-state index contributed by atoms with van der Waals surface area (Å²) in [5.41, 5.74) is 2.93. The van der Waals surface area contributed by atoms with E-state index >= 15 is 0 Å². The SMILES string of the molecule is Cc1cc(C2=NC(=O)CS2)cc(C)n1. The van der Waals surface area contributed by atoms with Crippen LogP contribution in [0.4, 0.5) is 0 Å². The Morgan fingerprint density at radius 2 is 1.93 bits per heavy atom. The molecular formula is C10H10N2OS. The molecule has 1 aliphatic heterocycles. The maximum atomic E-state index is 11.0. The molecule has 1 aliphatic rings. The summed E-state index contributed by atoms with van der Waals surface area (Å²) < 4.78 is 0. The van der Waals surface area contributed by atoms with Crippen molar-refractivity contribution < 1.29 is 4.79 Å². The van der Waals surface area contributed by atoms with Crippen LogP contribution >= 0.6 is 11.8 Å². The number of thioether (sulfide) groups is 1. The van der Waals surface area contributed by atoms with Crippen LogP contribution in [0.25, 0.3) is 0 Å². The summed E-state index contributed by atoms with van der Waals surface area (Å²) in [6, 6.07) is 3.91. The molecule has 0 saturated carbocycles. The second kappa shape index (κ2) is 3.53. The summed E-state index contributed by atoms with van der Waals surface area (Å²) in [5.74, 6) is 0.424. The molecule has 1 aromatic heterocycles. The Kier molecular flexibility index (Phi) is 2.37. The number of nitrogens with zero attached hydrogens (tertiary/aromatic N) is 2. The molecule has 0 aromatic carbocycles. The lowest BCUT2D eigenvalue weighted by Crippen LogP contribution is -1.96. The highest BCUT2D eigenvalue weighted by Gasteiger charge is 2.16. The number of aryl methyl sites for hydroxylation is 2. The van der Waals surface area contributed by atoms with Gasteiger partial charge in [-0.05, 0) is 26.0 Å². The molecule has 0 fully saturated rings. The molecule has 0 aliphatic carbocycles. The summed E-state index contributed by atoms with van der Waals surface area (Å²) in [7, 11) is 0. The van der Waals surface area contributed by atoms with Gasteiger partial charge < -0.3 is 0 Å². The van der Waals surface area contributed by atoms with Gasteiger partial charge in [0.2, 0.25) is 0 Å². The highest BCUT2D eigenvalue weighted by atomic mass is 32.2. The molecule has 1 aromatic rings. The van der Waals surface area contributed by atoms with Crippen LogP contribution < -0.4 is 0 Å². The van der Waals surface area contributed by atoms with Gasteiger partial charge in [-0.25, -0.2) is 4.99 Å². The first-order chi connectivity index (χ1) is 6.65. The fourth-order valence-electron chi connectivity index (χ4n) is 1.41. The molecule has 1 amide bonds. The fraction of sp³-hybridized carbons (Fsp3) is 0.300. The second-order valence-corrected chi connectivity index (χ2v) is 4.20. The van der Waals surface area contributed by atoms with E-state index in [2.05, 4.69) is 9.98 Å². The lowest BCUT2D eigenvalue weighted by molar-refractivity contribution is -0.115. The number of rotatable bonds is 1. The molecule has 0 unspecified atom stereocenters. The van der Waals surface area contributed by atoms with Gasteiger partial charge in [-0.15, -0.1) is 0 Å². The third kappa shape index (κ3) is 1.85. The molecule has 2 rings (SSSR count). The summed E-state index contributed by atoms with van der Waals surface area (Å²) >= 11 is 1.49. The van der Waals surface area contributed by atoms with E-state index < -0.39 is 0 Å². The zero-order chi connectivity index (χ0) is 10.1. The Hall–Kier alpha value is -1.16. The van der Waals surface area contributed by atoms with Crippen LogP contribution in [0.15, 0.2) is 17.1 Å². The molecule has 0 saturated heterocycles. The molecule has 0 bridgehead atoms. The number of hydrogen-bond acceptors (Lipinski definition) is 3. The Bertz CT molecular complexity index is 406. The Morgan fingerprint density at radius 3 is 2.43 bits per heavy atom. The van der Waals surface area contributed by atoms with Crippen molar-refractivity contribution in [1.29, 1.82) is 0 Å². The second-order valence-electron chi connectivity index (χ2n) is 3.24. The van der Waals surface area contributed by atoms with Gasteiger partial charge in [-0.2, -0.15) is 0 Å². The summed E-state index contributed by atoms with van der Waals surface area (Å²) in [5, 5.41) is 0.823. The van der Waals surface area contributed by atoms with Crippen LogP contribution in [0.3, 0.4) is 0 Å². The number of hydrogen-bond donors (Lipinski definition) is 0. The average Bonchev–Trinajstić information content (AvgIpc) is 2.50. The van der Waals surface area contributed by atoms with E-state index in [0.717, 1.165) is 22.0 Å². The van der Waals surface area contributed by atoms with Crippen molar-refractivity contribution in [3.63, 3.8) is 0 Å². The smallest absolute Gasteiger partial charge is 0.257 e. The number of aromatic nitrogens is 1. The van der Waals surface area contributed by atoms with Crippen molar-refractivity contribution >= 4 is 22.7 Å². The summed E-state index contributed by atoms with van der Waals surface area (Å²) in [6.07, 6.45) is 0. The molecule has 0 N–H and O–H groups in total. The van der Waals surface area contributed by atoms with Crippen molar-refractivity contribution in [2.45, 2.75) is 13.8 Å². The van der Waals surface area contributed by atoms with Gasteiger partial charge in [0.15, 0.2) is 0 Å². The minimum absolute atomic E-state index is 0.0443. The van der Waals surface area contributed by atoms with Crippen molar-refractivity contribution in [2.24, 2.45) is 4.99 Å². The quantitative estimate of drug-likeness (QED) is 0.702. The van der Waals surface area contributed by atoms with E-state index in [9.17, 15) is 4.79 Å². The third-order valence-electron chi connectivity index (χ3n) is 1.89. The zero-order valence-electron chi connectivity index (χ0n) is 8.07. The van der Waals surface area contributed by atoms with Crippen molar-refractivity contribution in [1.82, 2.24) is 4.98 Å². The number of amides is 1. The molecule has 2 heterocycles. The van der Waals surface area contributed by atoms with Crippen LogP contribution in [0.1, 0.15) is 17.0 Å². The predicted octanol–water partition coefficient (Wildman–Crippen LogP) is 1.72. The van der Waals surface area contributed by atoms with Crippen LogP contribution in [0, 0.1) is 13.8 Å². The molecule has 72 valence electrons. The highest BCUT2D eigenvalue weighted by molar-refractivity contribution is 8.15. The Morgan fingerprint density at radius 1 is 1.29 bits per heavy atom. The monoisotopic (exact) mass is 206 g/mol. The standard InChI is InChI=1S/C10H10N2OS/c1-6-3-8(4-7(2)11-6)10-12-9(13)5-14-10/h3-4H,5H2,1-2H3. The van der Waals surface area contributed by atoms with Gasteiger partial charge >= 0.3 is 0 Å². The lowest BCUT2D eigenvalue weighted by atomic mass is 10.2. The van der Waals surface area contributed by atoms with Crippen molar-refractivity contribution in [3.8, 4) is 0 Å². The minimum atomic E-state index is -0.0443. The molecule has 4 heteroatoms. The first-order valence-corrected chi connectivity index (χ1v) is 5.34. The van der Waals surface area contributed by atoms with Gasteiger partial charge in [0.25, 0.3) is 5.91 Å². The predicted molar refractivity (Wildman–Crippen MR) is 57.7 cm³/mol. The first-order valence-electron chi connectivity index (χ1n) is 4.35. The molecule has 0 spiro atoms. The van der Waals surface area contributed by atoms with Crippen LogP contribution in [0.5, 0.6) is 0 Å². The number of pyridine rings is 1. The Labute approximate surface area is 86.6 Å². The van der Waals surface area contributed by atoms with Gasteiger partial charge in [0.1, 0.15) is 5.04 Å². The fourth-order valence-corrected chi connectivity index (χ4v) is 2.19. The molecule has 14 heavy (non-hydrogen) atoms. The summed E-state index contributed by atoms with van der Waals surface area (Å²) in [6.45, 7) is 3.89. The van der Waals surface area contributed by atoms with E-state index in [1.807, 2.05) is 26.0 Å². The Balaban J connectivity index is 2.42. The highest BCUT2D eigenvalue weighted by Crippen LogP contribution is 2.20. The topological polar surface area (TPSA) is 42.3 Å². The molecule has 0 radical (unpaired) electrons. The first kappa shape index (κ1) is 9.40. The maximum Gasteiger partial charge on any atom is 0.257 e. The molecule has 0 atom stereocenters. The maximum absolute atomic E-state index is 11.0. The minimum Gasteiger partial charge on any atom is -0.272 e. The van der Waals surface area contributed by atoms with Gasteiger partial charge in [-0.1, -0.05) is 11.8 Å². The summed E-state index contributed by atoms with van der Waals surface area (Å²) in [4.78, 5) is 19.2. The van der Waals surface area contributed by atoms with Crippen molar-refractivity contribution in [3.05, 3.63) is 29.1 Å². The normalized spacial score (nSPS) is 15.9. The van der Waals surface area contributed by atoms with Crippen LogP contribution in [-0.4, -0.2) is 21.7 Å². The van der Waals surface area contributed by atoms with Crippen molar-refractivity contribution in [2.75, 3.05) is 5.75 Å². The van der Waals surface area contributed by atoms with E-state index in [4.69, 9.17) is 0 Å². The lowest BCUT2D eigenvalue weighted by Gasteiger charge is -2.02. The van der Waals surface area contributed by atoms with Gasteiger partial charge in [0.05, 0.1) is 5.75 Å². The third-order valence-corrected chi connectivity index (χ3v) is 2.88. The molecule has 3 nitrogen and oxygen atoms in total. The van der Waals surface area contributed by atoms with Crippen LogP contribution in [-0.2, 0) is 4.79 Å². The average molecular weight is 206 g/mol.